The van der Waals surface area contributed by atoms with Crippen LogP contribution < -0.4 is 5.32 Å². The average molecular weight is 451 g/mol. The number of carbonyl (C=O) groups excluding carboxylic acids is 1. The Balaban J connectivity index is 1.54. The van der Waals surface area contributed by atoms with Gasteiger partial charge in [-0.3, -0.25) is 10.1 Å². The summed E-state index contributed by atoms with van der Waals surface area (Å²) in [6.07, 6.45) is -2.65. The number of benzene rings is 1. The molecule has 154 valence electrons. The Morgan fingerprint density at radius 3 is 2.63 bits per heavy atom. The van der Waals surface area contributed by atoms with E-state index in [1.165, 1.54) is 23.5 Å². The van der Waals surface area contributed by atoms with Crippen LogP contribution >= 0.6 is 22.7 Å². The number of aromatic nitrogens is 2. The number of aryl methyl sites for hydroxylation is 1. The van der Waals surface area contributed by atoms with E-state index in [1.54, 1.807) is 31.3 Å². The molecule has 1 N–H and O–H groups in total. The van der Waals surface area contributed by atoms with Crippen molar-refractivity contribution in [3.63, 3.8) is 0 Å². The topological polar surface area (TPSA) is 54.9 Å². The van der Waals surface area contributed by atoms with Gasteiger partial charge in [-0.25, -0.2) is 14.4 Å². The van der Waals surface area contributed by atoms with Crippen molar-refractivity contribution in [3.05, 3.63) is 75.0 Å². The summed E-state index contributed by atoms with van der Waals surface area (Å²) in [5, 5.41) is 3.48. The van der Waals surface area contributed by atoms with Crippen molar-refractivity contribution >= 4 is 43.9 Å². The Morgan fingerprint density at radius 2 is 1.90 bits per heavy atom. The molecule has 0 aliphatic carbocycles. The number of thiophene rings is 1. The van der Waals surface area contributed by atoms with Crippen LogP contribution in [0.2, 0.25) is 0 Å². The number of hydrogen-bond acceptors (Lipinski definition) is 5. The monoisotopic (exact) mass is 451 g/mol. The van der Waals surface area contributed by atoms with Crippen molar-refractivity contribution < 1.29 is 22.4 Å². The molecule has 1 amide bonds. The highest BCUT2D eigenvalue weighted by atomic mass is 32.1. The number of anilines is 1. The second-order valence-corrected chi connectivity index (χ2v) is 8.57. The summed E-state index contributed by atoms with van der Waals surface area (Å²) in [6.45, 7) is 1.66. The number of nitrogens with one attached hydrogen (secondary N) is 1. The second-order valence-electron chi connectivity index (χ2n) is 6.46. The van der Waals surface area contributed by atoms with Gasteiger partial charge in [0.25, 0.3) is 5.91 Å². The number of thiazole rings is 1. The van der Waals surface area contributed by atoms with Gasteiger partial charge in [0, 0.05) is 22.9 Å². The molecule has 0 radical (unpaired) electrons. The fourth-order valence-electron chi connectivity index (χ4n) is 2.90. The number of rotatable bonds is 4. The third kappa shape index (κ3) is 4.05. The molecule has 4 rings (SSSR count). The van der Waals surface area contributed by atoms with Gasteiger partial charge in [0.2, 0.25) is 0 Å². The normalized spacial score (nSPS) is 11.8. The molecule has 0 fully saturated rings. The number of carbonyl (C=O) groups is 1. The van der Waals surface area contributed by atoms with E-state index in [0.717, 1.165) is 22.3 Å². The number of fused-ring (bicyclic) bond motifs is 1. The molecular formula is C20H13F4N3OS2. The fraction of sp³-hybridized carbons (Fsp3) is 0.150. The van der Waals surface area contributed by atoms with Gasteiger partial charge < -0.3 is 0 Å². The SMILES string of the molecule is Cc1c(C(=O)Nc2ncc(Cc3ccccc3F)s2)sc2nc(C(F)(F)F)ccc12. The molecule has 0 spiro atoms. The van der Waals surface area contributed by atoms with Gasteiger partial charge in [0.1, 0.15) is 16.3 Å². The quantitative estimate of drug-likeness (QED) is 0.384. The first-order valence-corrected chi connectivity index (χ1v) is 10.3. The Hall–Kier alpha value is -2.85. The lowest BCUT2D eigenvalue weighted by Crippen LogP contribution is -2.10. The maximum atomic E-state index is 13.8. The number of halogens is 4. The zero-order chi connectivity index (χ0) is 21.5. The van der Waals surface area contributed by atoms with Gasteiger partial charge in [-0.1, -0.05) is 18.2 Å². The molecule has 10 heteroatoms. The van der Waals surface area contributed by atoms with Crippen LogP contribution in [0.4, 0.5) is 22.7 Å². The van der Waals surface area contributed by atoms with E-state index in [1.807, 2.05) is 0 Å². The Morgan fingerprint density at radius 1 is 1.13 bits per heavy atom. The molecule has 3 heterocycles. The minimum Gasteiger partial charge on any atom is -0.297 e. The van der Waals surface area contributed by atoms with Gasteiger partial charge in [-0.05, 0) is 36.2 Å². The minimum atomic E-state index is -4.55. The van der Waals surface area contributed by atoms with E-state index >= 15 is 0 Å². The minimum absolute atomic E-state index is 0.145. The molecule has 30 heavy (non-hydrogen) atoms. The largest absolute Gasteiger partial charge is 0.433 e. The third-order valence-electron chi connectivity index (χ3n) is 4.40. The van der Waals surface area contributed by atoms with Crippen LogP contribution in [-0.2, 0) is 12.6 Å². The van der Waals surface area contributed by atoms with Crippen molar-refractivity contribution in [1.82, 2.24) is 9.97 Å². The van der Waals surface area contributed by atoms with Crippen molar-refractivity contribution in [2.45, 2.75) is 19.5 Å². The summed E-state index contributed by atoms with van der Waals surface area (Å²) in [6, 6.07) is 8.63. The number of pyridine rings is 1. The Kier molecular flexibility index (Phi) is 5.29. The van der Waals surface area contributed by atoms with Crippen molar-refractivity contribution in [2.75, 3.05) is 5.32 Å². The van der Waals surface area contributed by atoms with Gasteiger partial charge in [0.05, 0.1) is 4.88 Å². The highest BCUT2D eigenvalue weighted by molar-refractivity contribution is 7.21. The molecule has 0 saturated heterocycles. The maximum absolute atomic E-state index is 13.8. The number of amides is 1. The molecule has 4 aromatic rings. The van der Waals surface area contributed by atoms with E-state index in [9.17, 15) is 22.4 Å². The second kappa shape index (κ2) is 7.77. The third-order valence-corrected chi connectivity index (χ3v) is 6.51. The highest BCUT2D eigenvalue weighted by Gasteiger charge is 2.33. The smallest absolute Gasteiger partial charge is 0.297 e. The van der Waals surface area contributed by atoms with Gasteiger partial charge >= 0.3 is 6.18 Å². The van der Waals surface area contributed by atoms with Gasteiger partial charge in [-0.2, -0.15) is 13.2 Å². The maximum Gasteiger partial charge on any atom is 0.433 e. The predicted octanol–water partition coefficient (Wildman–Crippen LogP) is 6.06. The highest BCUT2D eigenvalue weighted by Crippen LogP contribution is 2.34. The van der Waals surface area contributed by atoms with E-state index in [2.05, 4.69) is 15.3 Å². The molecule has 3 aromatic heterocycles. The van der Waals surface area contributed by atoms with E-state index in [0.29, 0.717) is 28.1 Å². The fourth-order valence-corrected chi connectivity index (χ4v) is 4.81. The number of alkyl halides is 3. The van der Waals surface area contributed by atoms with Crippen LogP contribution in [0, 0.1) is 12.7 Å². The zero-order valence-corrected chi connectivity index (χ0v) is 17.0. The summed E-state index contributed by atoms with van der Waals surface area (Å²) in [5.74, 6) is -0.793. The molecule has 0 bridgehead atoms. The van der Waals surface area contributed by atoms with Gasteiger partial charge in [-0.15, -0.1) is 22.7 Å². The first-order valence-electron chi connectivity index (χ1n) is 8.69. The van der Waals surface area contributed by atoms with Crippen LogP contribution in [0.3, 0.4) is 0 Å². The lowest BCUT2D eigenvalue weighted by atomic mass is 10.1. The summed E-state index contributed by atoms with van der Waals surface area (Å²) in [4.78, 5) is 21.6. The molecule has 1 aromatic carbocycles. The lowest BCUT2D eigenvalue weighted by Gasteiger charge is -2.04. The van der Waals surface area contributed by atoms with Crippen LogP contribution in [-0.4, -0.2) is 15.9 Å². The van der Waals surface area contributed by atoms with Gasteiger partial charge in [0.15, 0.2) is 5.13 Å². The molecule has 0 aliphatic heterocycles. The summed E-state index contributed by atoms with van der Waals surface area (Å²) >= 11 is 2.11. The number of nitrogens with zero attached hydrogens (tertiary/aromatic N) is 2. The zero-order valence-electron chi connectivity index (χ0n) is 15.4. The molecule has 0 atom stereocenters. The molecule has 0 saturated carbocycles. The number of hydrogen-bond donors (Lipinski definition) is 1. The van der Waals surface area contributed by atoms with E-state index in [4.69, 9.17) is 0 Å². The average Bonchev–Trinajstić information content (AvgIpc) is 3.27. The molecule has 0 aliphatic rings. The van der Waals surface area contributed by atoms with E-state index in [-0.39, 0.29) is 15.5 Å². The standard InChI is InChI=1S/C20H13F4N3OS2/c1-10-13-6-7-15(20(22,23)24)26-18(13)30-16(10)17(28)27-19-25-9-12(29-19)8-11-4-2-3-5-14(11)21/h2-7,9H,8H2,1H3,(H,25,27,28). The molecule has 0 unspecified atom stereocenters. The predicted molar refractivity (Wildman–Crippen MR) is 109 cm³/mol. The van der Waals surface area contributed by atoms with Crippen molar-refractivity contribution in [3.8, 4) is 0 Å². The Bertz CT molecular complexity index is 1250. The molecular weight excluding hydrogens is 438 g/mol. The van der Waals surface area contributed by atoms with E-state index < -0.39 is 17.8 Å². The molecule has 4 nitrogen and oxygen atoms in total. The summed E-state index contributed by atoms with van der Waals surface area (Å²) in [5.41, 5.74) is 0.0729. The van der Waals surface area contributed by atoms with Crippen molar-refractivity contribution in [2.24, 2.45) is 0 Å². The van der Waals surface area contributed by atoms with Crippen LogP contribution in [0.25, 0.3) is 10.2 Å². The lowest BCUT2D eigenvalue weighted by molar-refractivity contribution is -0.140. The Labute approximate surface area is 176 Å². The summed E-state index contributed by atoms with van der Waals surface area (Å²) < 4.78 is 52.5. The first kappa shape index (κ1) is 20.4. The first-order chi connectivity index (χ1) is 14.2. The van der Waals surface area contributed by atoms with Crippen LogP contribution in [0.1, 0.15) is 31.4 Å². The summed E-state index contributed by atoms with van der Waals surface area (Å²) in [7, 11) is 0. The van der Waals surface area contributed by atoms with Crippen LogP contribution in [0.5, 0.6) is 0 Å². The van der Waals surface area contributed by atoms with Crippen molar-refractivity contribution in [1.29, 1.82) is 0 Å². The van der Waals surface area contributed by atoms with Crippen LogP contribution in [0.15, 0.2) is 42.6 Å².